The third kappa shape index (κ3) is 6.04. The van der Waals surface area contributed by atoms with Gasteiger partial charge in [0.25, 0.3) is 0 Å². The van der Waals surface area contributed by atoms with Crippen molar-refractivity contribution in [1.82, 2.24) is 10.6 Å². The van der Waals surface area contributed by atoms with Gasteiger partial charge in [0.05, 0.1) is 20.1 Å². The molecule has 0 aliphatic rings. The molecule has 118 valence electrons. The Hall–Kier alpha value is -1.75. The van der Waals surface area contributed by atoms with E-state index in [1.54, 1.807) is 14.2 Å². The Morgan fingerprint density at radius 3 is 2.71 bits per heavy atom. The van der Waals surface area contributed by atoms with E-state index >= 15 is 0 Å². The highest BCUT2D eigenvalue weighted by Gasteiger charge is 2.11. The van der Waals surface area contributed by atoms with Crippen molar-refractivity contribution >= 4 is 5.91 Å². The fourth-order valence-electron chi connectivity index (χ4n) is 1.89. The Labute approximate surface area is 127 Å². The van der Waals surface area contributed by atoms with Gasteiger partial charge < -0.3 is 20.1 Å². The average molecular weight is 294 g/mol. The largest absolute Gasteiger partial charge is 0.493 e. The molecule has 0 fully saturated rings. The van der Waals surface area contributed by atoms with Gasteiger partial charge in [0.2, 0.25) is 5.91 Å². The number of rotatable bonds is 9. The van der Waals surface area contributed by atoms with Crippen molar-refractivity contribution in [2.24, 2.45) is 5.92 Å². The van der Waals surface area contributed by atoms with E-state index < -0.39 is 0 Å². The lowest BCUT2D eigenvalue weighted by Crippen LogP contribution is -2.21. The van der Waals surface area contributed by atoms with Gasteiger partial charge in [-0.1, -0.05) is 26.0 Å². The van der Waals surface area contributed by atoms with Gasteiger partial charge in [0.15, 0.2) is 11.5 Å². The Bertz CT molecular complexity index is 447. The molecule has 0 aromatic heterocycles. The monoisotopic (exact) mass is 294 g/mol. The van der Waals surface area contributed by atoms with Crippen LogP contribution in [0.1, 0.15) is 25.8 Å². The van der Waals surface area contributed by atoms with E-state index in [9.17, 15) is 4.79 Å². The fourth-order valence-corrected chi connectivity index (χ4v) is 1.89. The second-order valence-corrected chi connectivity index (χ2v) is 5.24. The van der Waals surface area contributed by atoms with Crippen molar-refractivity contribution in [2.45, 2.75) is 26.8 Å². The molecule has 21 heavy (non-hydrogen) atoms. The van der Waals surface area contributed by atoms with Crippen LogP contribution in [0.3, 0.4) is 0 Å². The number of methoxy groups -OCH3 is 1. The van der Waals surface area contributed by atoms with Gasteiger partial charge in [0, 0.05) is 19.2 Å². The van der Waals surface area contributed by atoms with E-state index in [4.69, 9.17) is 9.47 Å². The molecule has 0 aliphatic carbocycles. The first-order chi connectivity index (χ1) is 10.1. The summed E-state index contributed by atoms with van der Waals surface area (Å²) >= 11 is 0. The number of hydrogen-bond acceptors (Lipinski definition) is 4. The number of amides is 1. The van der Waals surface area contributed by atoms with Crippen LogP contribution < -0.4 is 20.1 Å². The first-order valence-corrected chi connectivity index (χ1v) is 7.28. The highest BCUT2D eigenvalue weighted by atomic mass is 16.5. The number of nitrogens with one attached hydrogen (secondary N) is 2. The van der Waals surface area contributed by atoms with Gasteiger partial charge in [-0.05, 0) is 18.5 Å². The molecule has 0 aliphatic heterocycles. The van der Waals surface area contributed by atoms with Crippen LogP contribution >= 0.6 is 0 Å². The van der Waals surface area contributed by atoms with Gasteiger partial charge in [-0.2, -0.15) is 0 Å². The molecule has 0 spiro atoms. The zero-order valence-corrected chi connectivity index (χ0v) is 13.4. The van der Waals surface area contributed by atoms with Crippen LogP contribution in [-0.4, -0.2) is 33.2 Å². The van der Waals surface area contributed by atoms with Crippen molar-refractivity contribution in [3.63, 3.8) is 0 Å². The number of hydrogen-bond donors (Lipinski definition) is 2. The van der Waals surface area contributed by atoms with E-state index in [0.717, 1.165) is 12.1 Å². The van der Waals surface area contributed by atoms with Crippen LogP contribution in [0.4, 0.5) is 0 Å². The highest BCUT2D eigenvalue weighted by molar-refractivity contribution is 5.75. The number of ether oxygens (including phenoxy) is 2. The predicted molar refractivity (Wildman–Crippen MR) is 83.7 cm³/mol. The summed E-state index contributed by atoms with van der Waals surface area (Å²) in [4.78, 5) is 11.3. The normalized spacial score (nSPS) is 10.5. The molecule has 1 aromatic rings. The SMILES string of the molecule is CNC(=O)CCOc1c(CNCC(C)C)cccc1OC. The second-order valence-electron chi connectivity index (χ2n) is 5.24. The summed E-state index contributed by atoms with van der Waals surface area (Å²) in [5.41, 5.74) is 1.03. The smallest absolute Gasteiger partial charge is 0.223 e. The molecule has 1 aromatic carbocycles. The van der Waals surface area contributed by atoms with Gasteiger partial charge in [-0.25, -0.2) is 0 Å². The van der Waals surface area contributed by atoms with E-state index in [0.29, 0.717) is 37.0 Å². The van der Waals surface area contributed by atoms with Crippen molar-refractivity contribution < 1.29 is 14.3 Å². The molecule has 1 amide bonds. The van der Waals surface area contributed by atoms with E-state index in [1.807, 2.05) is 18.2 Å². The molecule has 0 saturated carbocycles. The number of benzene rings is 1. The molecule has 0 unspecified atom stereocenters. The van der Waals surface area contributed by atoms with E-state index in [-0.39, 0.29) is 5.91 Å². The van der Waals surface area contributed by atoms with Crippen LogP contribution in [0.25, 0.3) is 0 Å². The molecule has 0 atom stereocenters. The Kier molecular flexibility index (Phi) is 7.61. The topological polar surface area (TPSA) is 59.6 Å². The van der Waals surface area contributed by atoms with Crippen molar-refractivity contribution in [2.75, 3.05) is 27.3 Å². The summed E-state index contributed by atoms with van der Waals surface area (Å²) in [6.45, 7) is 6.31. The summed E-state index contributed by atoms with van der Waals surface area (Å²) in [7, 11) is 3.24. The molecule has 2 N–H and O–H groups in total. The predicted octanol–water partition coefficient (Wildman–Crippen LogP) is 1.96. The molecule has 0 bridgehead atoms. The first kappa shape index (κ1) is 17.3. The highest BCUT2D eigenvalue weighted by Crippen LogP contribution is 2.31. The first-order valence-electron chi connectivity index (χ1n) is 7.28. The third-order valence-electron chi connectivity index (χ3n) is 3.00. The van der Waals surface area contributed by atoms with Crippen LogP contribution in [0.5, 0.6) is 11.5 Å². The molecule has 5 nitrogen and oxygen atoms in total. The Morgan fingerprint density at radius 1 is 1.33 bits per heavy atom. The Balaban J connectivity index is 2.70. The third-order valence-corrected chi connectivity index (χ3v) is 3.00. The number of carbonyl (C=O) groups excluding carboxylic acids is 1. The van der Waals surface area contributed by atoms with E-state index in [2.05, 4.69) is 24.5 Å². The Morgan fingerprint density at radius 2 is 2.10 bits per heavy atom. The summed E-state index contributed by atoms with van der Waals surface area (Å²) in [6.07, 6.45) is 0.327. The van der Waals surface area contributed by atoms with Gasteiger partial charge in [-0.3, -0.25) is 4.79 Å². The van der Waals surface area contributed by atoms with Gasteiger partial charge in [-0.15, -0.1) is 0 Å². The molecule has 0 radical (unpaired) electrons. The van der Waals surface area contributed by atoms with Crippen LogP contribution in [0.15, 0.2) is 18.2 Å². The molecule has 0 heterocycles. The molecular weight excluding hydrogens is 268 g/mol. The summed E-state index contributed by atoms with van der Waals surface area (Å²) < 4.78 is 11.1. The minimum Gasteiger partial charge on any atom is -0.493 e. The van der Waals surface area contributed by atoms with Gasteiger partial charge in [0.1, 0.15) is 0 Å². The quantitative estimate of drug-likeness (QED) is 0.731. The average Bonchev–Trinajstić information content (AvgIpc) is 2.47. The molecule has 1 rings (SSSR count). The lowest BCUT2D eigenvalue weighted by atomic mass is 10.1. The van der Waals surface area contributed by atoms with Crippen LogP contribution in [0.2, 0.25) is 0 Å². The summed E-state index contributed by atoms with van der Waals surface area (Å²) in [5, 5.41) is 5.97. The zero-order valence-electron chi connectivity index (χ0n) is 13.4. The van der Waals surface area contributed by atoms with Crippen LogP contribution in [-0.2, 0) is 11.3 Å². The molecule has 5 heteroatoms. The number of para-hydroxylation sites is 1. The zero-order chi connectivity index (χ0) is 15.7. The van der Waals surface area contributed by atoms with Crippen molar-refractivity contribution in [3.8, 4) is 11.5 Å². The standard InChI is InChI=1S/C16H26N2O3/c1-12(2)10-18-11-13-6-5-7-14(20-4)16(13)21-9-8-15(19)17-3/h5-7,12,18H,8-11H2,1-4H3,(H,17,19). The minimum absolute atomic E-state index is 0.0376. The summed E-state index contributed by atoms with van der Waals surface area (Å²) in [5.74, 6) is 1.95. The minimum atomic E-state index is -0.0376. The fraction of sp³-hybridized carbons (Fsp3) is 0.562. The number of carbonyl (C=O) groups is 1. The van der Waals surface area contributed by atoms with Crippen molar-refractivity contribution in [1.29, 1.82) is 0 Å². The maximum atomic E-state index is 11.3. The lowest BCUT2D eigenvalue weighted by molar-refractivity contribution is -0.121. The van der Waals surface area contributed by atoms with Gasteiger partial charge >= 0.3 is 0 Å². The molecule has 0 saturated heterocycles. The van der Waals surface area contributed by atoms with Crippen molar-refractivity contribution in [3.05, 3.63) is 23.8 Å². The van der Waals surface area contributed by atoms with Crippen LogP contribution in [0, 0.1) is 5.92 Å². The van der Waals surface area contributed by atoms with E-state index in [1.165, 1.54) is 0 Å². The lowest BCUT2D eigenvalue weighted by Gasteiger charge is -2.16. The maximum absolute atomic E-state index is 11.3. The summed E-state index contributed by atoms with van der Waals surface area (Å²) in [6, 6.07) is 5.81. The second kappa shape index (κ2) is 9.23. The molecular formula is C16H26N2O3. The maximum Gasteiger partial charge on any atom is 0.223 e.